The normalized spacial score (nSPS) is 20.9. The third-order valence-electron chi connectivity index (χ3n) is 4.19. The lowest BCUT2D eigenvalue weighted by atomic mass is 9.72. The molecule has 0 bridgehead atoms. The van der Waals surface area contributed by atoms with E-state index in [9.17, 15) is 0 Å². The number of allylic oxidation sites excluding steroid dienone is 9. The van der Waals surface area contributed by atoms with E-state index in [0.29, 0.717) is 5.41 Å². The maximum absolute atomic E-state index is 8.81. The standard InChI is InChI=1S/C20H30O/c1-16(8-6-9-17(2)13-15-21)11-12-19-18(3)10-7-14-20(19,4)5/h6,8-9,11-13,21H,7,10,14-15H2,1-5H3/b9-6+,12-11+,16-8-,17-13+. The lowest BCUT2D eigenvalue weighted by molar-refractivity contribution is 0.342. The number of hydrogen-bond donors (Lipinski definition) is 1. The number of hydrogen-bond acceptors (Lipinski definition) is 1. The molecule has 0 atom stereocenters. The monoisotopic (exact) mass is 286 g/mol. The van der Waals surface area contributed by atoms with Gasteiger partial charge in [0.1, 0.15) is 0 Å². The van der Waals surface area contributed by atoms with Crippen LogP contribution in [-0.2, 0) is 0 Å². The van der Waals surface area contributed by atoms with Gasteiger partial charge in [0.2, 0.25) is 0 Å². The van der Waals surface area contributed by atoms with Gasteiger partial charge in [0, 0.05) is 0 Å². The minimum Gasteiger partial charge on any atom is -0.392 e. The zero-order valence-electron chi connectivity index (χ0n) is 14.2. The topological polar surface area (TPSA) is 20.2 Å². The first kappa shape index (κ1) is 17.7. The molecule has 0 spiro atoms. The van der Waals surface area contributed by atoms with Crippen molar-refractivity contribution >= 4 is 0 Å². The van der Waals surface area contributed by atoms with Gasteiger partial charge in [-0.1, -0.05) is 67.0 Å². The van der Waals surface area contributed by atoms with Crippen LogP contribution in [0.4, 0.5) is 0 Å². The lowest BCUT2D eigenvalue weighted by Gasteiger charge is -2.32. The fourth-order valence-electron chi connectivity index (χ4n) is 2.84. The average molecular weight is 286 g/mol. The van der Waals surface area contributed by atoms with Gasteiger partial charge in [-0.2, -0.15) is 0 Å². The first-order valence-corrected chi connectivity index (χ1v) is 7.87. The minimum absolute atomic E-state index is 0.0985. The molecule has 0 aromatic carbocycles. The molecule has 1 heteroatoms. The summed E-state index contributed by atoms with van der Waals surface area (Å²) in [6.45, 7) is 11.2. The van der Waals surface area contributed by atoms with E-state index < -0.39 is 0 Å². The van der Waals surface area contributed by atoms with Gasteiger partial charge in [-0.25, -0.2) is 0 Å². The van der Waals surface area contributed by atoms with Crippen molar-refractivity contribution in [2.75, 3.05) is 6.61 Å². The first-order valence-electron chi connectivity index (χ1n) is 7.87. The molecule has 1 N–H and O–H groups in total. The third kappa shape index (κ3) is 5.89. The van der Waals surface area contributed by atoms with Crippen LogP contribution in [0.5, 0.6) is 0 Å². The van der Waals surface area contributed by atoms with Gasteiger partial charge in [0.05, 0.1) is 6.61 Å². The smallest absolute Gasteiger partial charge is 0.0617 e. The molecule has 0 saturated heterocycles. The van der Waals surface area contributed by atoms with Crippen molar-refractivity contribution in [2.45, 2.75) is 53.9 Å². The quantitative estimate of drug-likeness (QED) is 0.661. The van der Waals surface area contributed by atoms with Crippen LogP contribution in [0.2, 0.25) is 0 Å². The van der Waals surface area contributed by atoms with Gasteiger partial charge in [-0.15, -0.1) is 0 Å². The van der Waals surface area contributed by atoms with Crippen molar-refractivity contribution in [3.8, 4) is 0 Å². The van der Waals surface area contributed by atoms with Crippen LogP contribution < -0.4 is 0 Å². The Kier molecular flexibility index (Phi) is 6.91. The minimum atomic E-state index is 0.0985. The molecule has 0 radical (unpaired) electrons. The van der Waals surface area contributed by atoms with Gasteiger partial charge in [0.25, 0.3) is 0 Å². The highest BCUT2D eigenvalue weighted by Crippen LogP contribution is 2.40. The molecule has 0 unspecified atom stereocenters. The summed E-state index contributed by atoms with van der Waals surface area (Å²) in [6, 6.07) is 0. The van der Waals surface area contributed by atoms with Crippen LogP contribution in [-0.4, -0.2) is 11.7 Å². The summed E-state index contributed by atoms with van der Waals surface area (Å²) >= 11 is 0. The average Bonchev–Trinajstić information content (AvgIpc) is 2.37. The predicted molar refractivity (Wildman–Crippen MR) is 93.2 cm³/mol. The van der Waals surface area contributed by atoms with Crippen molar-refractivity contribution in [3.05, 3.63) is 58.7 Å². The molecule has 0 aromatic rings. The Bertz CT molecular complexity index is 496. The molecule has 0 heterocycles. The molecular formula is C20H30O. The highest BCUT2D eigenvalue weighted by molar-refractivity contribution is 5.37. The summed E-state index contributed by atoms with van der Waals surface area (Å²) < 4.78 is 0. The molecule has 1 rings (SSSR count). The predicted octanol–water partition coefficient (Wildman–Crippen LogP) is 5.51. The maximum Gasteiger partial charge on any atom is 0.0617 e. The summed E-state index contributed by atoms with van der Waals surface area (Å²) in [5.74, 6) is 0. The van der Waals surface area contributed by atoms with E-state index in [-0.39, 0.29) is 6.61 Å². The third-order valence-corrected chi connectivity index (χ3v) is 4.19. The van der Waals surface area contributed by atoms with Gasteiger partial charge >= 0.3 is 0 Å². The van der Waals surface area contributed by atoms with Crippen molar-refractivity contribution in [3.63, 3.8) is 0 Å². The molecule has 0 aliphatic heterocycles. The fraction of sp³-hybridized carbons (Fsp3) is 0.500. The summed E-state index contributed by atoms with van der Waals surface area (Å²) in [7, 11) is 0. The van der Waals surface area contributed by atoms with Crippen molar-refractivity contribution < 1.29 is 5.11 Å². The van der Waals surface area contributed by atoms with Crippen molar-refractivity contribution in [1.82, 2.24) is 0 Å². The highest BCUT2D eigenvalue weighted by Gasteiger charge is 2.26. The van der Waals surface area contributed by atoms with Crippen LogP contribution in [0, 0.1) is 5.41 Å². The Morgan fingerprint density at radius 3 is 2.52 bits per heavy atom. The Morgan fingerprint density at radius 2 is 1.90 bits per heavy atom. The lowest BCUT2D eigenvalue weighted by Crippen LogP contribution is -2.19. The molecule has 0 amide bonds. The van der Waals surface area contributed by atoms with E-state index in [1.807, 2.05) is 19.1 Å². The van der Waals surface area contributed by atoms with Crippen molar-refractivity contribution in [1.29, 1.82) is 0 Å². The largest absolute Gasteiger partial charge is 0.392 e. The molecule has 1 nitrogen and oxygen atoms in total. The van der Waals surface area contributed by atoms with E-state index in [1.54, 1.807) is 6.08 Å². The zero-order valence-corrected chi connectivity index (χ0v) is 14.2. The van der Waals surface area contributed by atoms with Crippen LogP contribution in [0.3, 0.4) is 0 Å². The SMILES string of the molecule is CC1=C(/C=C/C(C)=C\C=C\C(C)=C\CO)C(C)(C)CCC1. The second-order valence-electron chi connectivity index (χ2n) is 6.67. The van der Waals surface area contributed by atoms with E-state index >= 15 is 0 Å². The van der Waals surface area contributed by atoms with Gasteiger partial charge in [0.15, 0.2) is 0 Å². The highest BCUT2D eigenvalue weighted by atomic mass is 16.2. The van der Waals surface area contributed by atoms with E-state index in [0.717, 1.165) is 5.57 Å². The Morgan fingerprint density at radius 1 is 1.19 bits per heavy atom. The van der Waals surface area contributed by atoms with E-state index in [4.69, 9.17) is 5.11 Å². The van der Waals surface area contributed by atoms with Gasteiger partial charge < -0.3 is 5.11 Å². The van der Waals surface area contributed by atoms with E-state index in [1.165, 1.54) is 36.0 Å². The molecule has 21 heavy (non-hydrogen) atoms. The maximum atomic E-state index is 8.81. The van der Waals surface area contributed by atoms with Crippen LogP contribution in [0.25, 0.3) is 0 Å². The van der Waals surface area contributed by atoms with Gasteiger partial charge in [-0.3, -0.25) is 0 Å². The summed E-state index contributed by atoms with van der Waals surface area (Å²) in [5.41, 5.74) is 5.66. The summed E-state index contributed by atoms with van der Waals surface area (Å²) in [4.78, 5) is 0. The zero-order chi connectivity index (χ0) is 15.9. The Balaban J connectivity index is 2.78. The van der Waals surface area contributed by atoms with Crippen molar-refractivity contribution in [2.24, 2.45) is 5.41 Å². The molecule has 116 valence electrons. The van der Waals surface area contributed by atoms with Crippen LogP contribution >= 0.6 is 0 Å². The van der Waals surface area contributed by atoms with E-state index in [2.05, 4.69) is 45.9 Å². The fourth-order valence-corrected chi connectivity index (χ4v) is 2.84. The number of aliphatic hydroxyl groups excluding tert-OH is 1. The second-order valence-corrected chi connectivity index (χ2v) is 6.67. The molecule has 0 saturated carbocycles. The first-order chi connectivity index (χ1) is 9.86. The summed E-state index contributed by atoms with van der Waals surface area (Å²) in [5, 5.41) is 8.81. The Hall–Kier alpha value is -1.34. The van der Waals surface area contributed by atoms with Crippen LogP contribution in [0.15, 0.2) is 58.7 Å². The molecule has 1 aliphatic carbocycles. The molecular weight excluding hydrogens is 256 g/mol. The molecule has 0 fully saturated rings. The Labute approximate surface area is 130 Å². The summed E-state index contributed by atoms with van der Waals surface area (Å²) in [6.07, 6.45) is 16.3. The van der Waals surface area contributed by atoms with Gasteiger partial charge in [-0.05, 0) is 51.0 Å². The number of aliphatic hydroxyl groups is 1. The number of rotatable bonds is 5. The van der Waals surface area contributed by atoms with Crippen LogP contribution in [0.1, 0.15) is 53.9 Å². The molecule has 1 aliphatic rings. The second kappa shape index (κ2) is 8.19. The molecule has 0 aromatic heterocycles.